The molecule has 1 fully saturated rings. The molecule has 0 heterocycles. The lowest BCUT2D eigenvalue weighted by Crippen LogP contribution is -2.22. The van der Waals surface area contributed by atoms with Gasteiger partial charge in [-0.2, -0.15) is 5.26 Å². The third-order valence-corrected chi connectivity index (χ3v) is 5.01. The maximum absolute atomic E-state index is 12.4. The monoisotopic (exact) mass is 376 g/mol. The lowest BCUT2D eigenvalue weighted by atomic mass is 10.2. The first kappa shape index (κ1) is 19.4. The number of nitrogens with one attached hydrogen (secondary N) is 2. The molecule has 2 atom stereocenters. The van der Waals surface area contributed by atoms with Crippen molar-refractivity contribution in [2.45, 2.75) is 20.3 Å². The fraction of sp³-hybridized carbons (Fsp3) is 0.318. The number of benzene rings is 2. The molecule has 0 radical (unpaired) electrons. The van der Waals surface area contributed by atoms with Crippen LogP contribution < -0.4 is 15.5 Å². The summed E-state index contributed by atoms with van der Waals surface area (Å²) in [5, 5.41) is 14.5. The third kappa shape index (κ3) is 4.49. The van der Waals surface area contributed by atoms with Crippen molar-refractivity contribution in [2.75, 3.05) is 28.6 Å². The molecule has 2 N–H and O–H groups in total. The van der Waals surface area contributed by atoms with Gasteiger partial charge in [-0.25, -0.2) is 0 Å². The van der Waals surface area contributed by atoms with E-state index in [1.807, 2.05) is 30.3 Å². The second-order valence-electron chi connectivity index (χ2n) is 6.84. The first-order valence-electron chi connectivity index (χ1n) is 9.52. The van der Waals surface area contributed by atoms with Crippen LogP contribution >= 0.6 is 0 Å². The lowest BCUT2D eigenvalue weighted by molar-refractivity contribution is -0.122. The van der Waals surface area contributed by atoms with Gasteiger partial charge in [0.2, 0.25) is 11.8 Å². The summed E-state index contributed by atoms with van der Waals surface area (Å²) in [4.78, 5) is 27.0. The summed E-state index contributed by atoms with van der Waals surface area (Å²) >= 11 is 0. The van der Waals surface area contributed by atoms with Crippen molar-refractivity contribution in [3.8, 4) is 6.07 Å². The first-order valence-corrected chi connectivity index (χ1v) is 9.52. The van der Waals surface area contributed by atoms with Crippen LogP contribution in [-0.2, 0) is 9.59 Å². The number of hydrogen-bond donors (Lipinski definition) is 2. The lowest BCUT2D eigenvalue weighted by Gasteiger charge is -2.21. The van der Waals surface area contributed by atoms with Gasteiger partial charge in [0.1, 0.15) is 0 Å². The number of anilines is 3. The quantitative estimate of drug-likeness (QED) is 0.773. The number of carbonyl (C=O) groups excluding carboxylic acids is 2. The van der Waals surface area contributed by atoms with Crippen LogP contribution in [0.5, 0.6) is 0 Å². The summed E-state index contributed by atoms with van der Waals surface area (Å²) in [6, 6.07) is 16.5. The molecule has 1 aliphatic rings. The van der Waals surface area contributed by atoms with E-state index in [4.69, 9.17) is 5.26 Å². The van der Waals surface area contributed by atoms with Gasteiger partial charge in [0.05, 0.1) is 23.5 Å². The molecule has 0 aliphatic heterocycles. The largest absolute Gasteiger partial charge is 0.372 e. The number of nitriles is 1. The second kappa shape index (κ2) is 8.57. The number of carbonyl (C=O) groups is 2. The summed E-state index contributed by atoms with van der Waals surface area (Å²) in [5.41, 5.74) is 3.02. The van der Waals surface area contributed by atoms with Crippen molar-refractivity contribution in [1.29, 1.82) is 5.26 Å². The molecular weight excluding hydrogens is 352 g/mol. The van der Waals surface area contributed by atoms with Crippen LogP contribution in [0.4, 0.5) is 17.1 Å². The van der Waals surface area contributed by atoms with Crippen LogP contribution in [0.25, 0.3) is 0 Å². The van der Waals surface area contributed by atoms with Crippen LogP contribution in [0.2, 0.25) is 0 Å². The topological polar surface area (TPSA) is 85.2 Å². The number of amides is 2. The summed E-state index contributed by atoms with van der Waals surface area (Å²) in [5.74, 6) is -0.913. The second-order valence-corrected chi connectivity index (χ2v) is 6.84. The van der Waals surface area contributed by atoms with E-state index in [1.54, 1.807) is 24.3 Å². The van der Waals surface area contributed by atoms with E-state index in [2.05, 4.69) is 29.4 Å². The molecule has 2 unspecified atom stereocenters. The molecule has 144 valence electrons. The van der Waals surface area contributed by atoms with E-state index in [1.165, 1.54) is 0 Å². The maximum atomic E-state index is 12.4. The summed E-state index contributed by atoms with van der Waals surface area (Å²) in [6.07, 6.45) is 0.547. The van der Waals surface area contributed by atoms with Gasteiger partial charge in [0.15, 0.2) is 0 Å². The van der Waals surface area contributed by atoms with E-state index in [9.17, 15) is 9.59 Å². The molecule has 28 heavy (non-hydrogen) atoms. The molecule has 0 saturated heterocycles. The van der Waals surface area contributed by atoms with Crippen LogP contribution in [0, 0.1) is 23.2 Å². The van der Waals surface area contributed by atoms with Gasteiger partial charge in [0, 0.05) is 30.2 Å². The molecule has 2 aromatic rings. The molecule has 1 aliphatic carbocycles. The molecule has 2 aromatic carbocycles. The van der Waals surface area contributed by atoms with Gasteiger partial charge in [-0.1, -0.05) is 0 Å². The zero-order valence-electron chi connectivity index (χ0n) is 16.1. The van der Waals surface area contributed by atoms with Gasteiger partial charge in [-0.05, 0) is 68.8 Å². The highest BCUT2D eigenvalue weighted by molar-refractivity contribution is 6.03. The Hall–Kier alpha value is -3.33. The van der Waals surface area contributed by atoms with Crippen molar-refractivity contribution in [3.05, 3.63) is 54.1 Å². The van der Waals surface area contributed by atoms with Gasteiger partial charge >= 0.3 is 0 Å². The van der Waals surface area contributed by atoms with E-state index >= 15 is 0 Å². The molecule has 6 heteroatoms. The predicted octanol–water partition coefficient (Wildman–Crippen LogP) is 3.62. The highest BCUT2D eigenvalue weighted by atomic mass is 16.2. The number of nitrogens with zero attached hydrogens (tertiary/aromatic N) is 2. The number of rotatable bonds is 7. The maximum Gasteiger partial charge on any atom is 0.228 e. The molecule has 2 amide bonds. The summed E-state index contributed by atoms with van der Waals surface area (Å²) in [7, 11) is 0. The standard InChI is InChI=1S/C22H24N4O2/c1-3-26(4-2)18-11-9-17(10-12-18)25-22(28)20-13-19(20)21(27)24-16-7-5-15(14-23)6-8-16/h5-12,19-20H,3-4,13H2,1-2H3,(H,24,27)(H,25,28). The number of hydrogen-bond acceptors (Lipinski definition) is 4. The third-order valence-electron chi connectivity index (χ3n) is 5.01. The molecular formula is C22H24N4O2. The van der Waals surface area contributed by atoms with Gasteiger partial charge in [0.25, 0.3) is 0 Å². The van der Waals surface area contributed by atoms with Crippen molar-refractivity contribution in [3.63, 3.8) is 0 Å². The fourth-order valence-electron chi connectivity index (χ4n) is 3.22. The van der Waals surface area contributed by atoms with E-state index in [0.29, 0.717) is 17.7 Å². The van der Waals surface area contributed by atoms with Crippen molar-refractivity contribution >= 4 is 28.9 Å². The molecule has 0 spiro atoms. The van der Waals surface area contributed by atoms with Gasteiger partial charge in [-0.3, -0.25) is 9.59 Å². The van der Waals surface area contributed by atoms with Crippen LogP contribution in [0.3, 0.4) is 0 Å². The molecule has 3 rings (SSSR count). The van der Waals surface area contributed by atoms with Gasteiger partial charge in [-0.15, -0.1) is 0 Å². The Morgan fingerprint density at radius 3 is 1.82 bits per heavy atom. The Kier molecular flexibility index (Phi) is 5.95. The van der Waals surface area contributed by atoms with Crippen molar-refractivity contribution < 1.29 is 9.59 Å². The van der Waals surface area contributed by atoms with Crippen molar-refractivity contribution in [2.24, 2.45) is 11.8 Å². The summed E-state index contributed by atoms with van der Waals surface area (Å²) < 4.78 is 0. The molecule has 6 nitrogen and oxygen atoms in total. The van der Waals surface area contributed by atoms with E-state index in [-0.39, 0.29) is 23.7 Å². The van der Waals surface area contributed by atoms with Crippen LogP contribution in [-0.4, -0.2) is 24.9 Å². The minimum absolute atomic E-state index is 0.129. The van der Waals surface area contributed by atoms with Gasteiger partial charge < -0.3 is 15.5 Å². The van der Waals surface area contributed by atoms with E-state index in [0.717, 1.165) is 24.5 Å². The molecule has 1 saturated carbocycles. The highest BCUT2D eigenvalue weighted by Gasteiger charge is 2.48. The molecule has 0 bridgehead atoms. The average molecular weight is 376 g/mol. The first-order chi connectivity index (χ1) is 13.5. The van der Waals surface area contributed by atoms with Crippen LogP contribution in [0.1, 0.15) is 25.8 Å². The fourth-order valence-corrected chi connectivity index (χ4v) is 3.22. The Morgan fingerprint density at radius 1 is 0.929 bits per heavy atom. The predicted molar refractivity (Wildman–Crippen MR) is 110 cm³/mol. The zero-order chi connectivity index (χ0) is 20.1. The Balaban J connectivity index is 1.52. The average Bonchev–Trinajstić information content (AvgIpc) is 3.52. The zero-order valence-corrected chi connectivity index (χ0v) is 16.1. The Labute approximate surface area is 165 Å². The smallest absolute Gasteiger partial charge is 0.228 e. The normalized spacial score (nSPS) is 17.3. The highest BCUT2D eigenvalue weighted by Crippen LogP contribution is 2.40. The minimum Gasteiger partial charge on any atom is -0.372 e. The Bertz CT molecular complexity index is 880. The Morgan fingerprint density at radius 2 is 1.39 bits per heavy atom. The van der Waals surface area contributed by atoms with Crippen molar-refractivity contribution in [1.82, 2.24) is 0 Å². The molecule has 0 aromatic heterocycles. The SMILES string of the molecule is CCN(CC)c1ccc(NC(=O)C2CC2C(=O)Nc2ccc(C#N)cc2)cc1. The van der Waals surface area contributed by atoms with Crippen LogP contribution in [0.15, 0.2) is 48.5 Å². The minimum atomic E-state index is -0.314. The van der Waals surface area contributed by atoms with E-state index < -0.39 is 0 Å². The summed E-state index contributed by atoms with van der Waals surface area (Å²) in [6.45, 7) is 6.07.